The van der Waals surface area contributed by atoms with Gasteiger partial charge in [-0.05, 0) is 18.6 Å². The van der Waals surface area contributed by atoms with Crippen molar-refractivity contribution in [2.75, 3.05) is 33.2 Å². The van der Waals surface area contributed by atoms with Crippen LogP contribution >= 0.6 is 11.6 Å². The Morgan fingerprint density at radius 1 is 1.40 bits per heavy atom. The van der Waals surface area contributed by atoms with Crippen molar-refractivity contribution in [3.05, 3.63) is 0 Å². The van der Waals surface area contributed by atoms with Gasteiger partial charge in [-0.15, -0.1) is 0 Å². The quantitative estimate of drug-likeness (QED) is 0.472. The second-order valence-electron chi connectivity index (χ2n) is 2.79. The van der Waals surface area contributed by atoms with E-state index in [2.05, 4.69) is 16.5 Å². The van der Waals surface area contributed by atoms with E-state index in [0.29, 0.717) is 0 Å². The van der Waals surface area contributed by atoms with E-state index in [9.17, 15) is 0 Å². The van der Waals surface area contributed by atoms with Crippen molar-refractivity contribution in [3.8, 4) is 0 Å². The first-order valence-electron chi connectivity index (χ1n) is 3.62. The van der Waals surface area contributed by atoms with Gasteiger partial charge in [0.25, 0.3) is 0 Å². The molecule has 1 rings (SSSR count). The lowest BCUT2D eigenvalue weighted by Crippen LogP contribution is -2.40. The van der Waals surface area contributed by atoms with E-state index in [1.54, 1.807) is 0 Å². The Bertz CT molecular complexity index is 140. The number of hydrogen-bond acceptors (Lipinski definition) is 1. The van der Waals surface area contributed by atoms with Crippen LogP contribution in [-0.4, -0.2) is 47.9 Å². The standard InChI is InChI=1S/C7H14ClN2/c1-7(8)10-5-3-9(2)4-6-10/h3-6H2,1-2H3/q+1. The third-order valence-corrected chi connectivity index (χ3v) is 2.18. The van der Waals surface area contributed by atoms with Crippen molar-refractivity contribution in [1.29, 1.82) is 0 Å². The molecule has 0 aromatic rings. The minimum absolute atomic E-state index is 0.924. The highest BCUT2D eigenvalue weighted by molar-refractivity contribution is 6.63. The van der Waals surface area contributed by atoms with Crippen LogP contribution in [0.4, 0.5) is 0 Å². The summed E-state index contributed by atoms with van der Waals surface area (Å²) in [5.41, 5.74) is 0. The fourth-order valence-electron chi connectivity index (χ4n) is 1.11. The van der Waals surface area contributed by atoms with Gasteiger partial charge >= 0.3 is 0 Å². The summed E-state index contributed by atoms with van der Waals surface area (Å²) in [6, 6.07) is 0. The zero-order valence-corrected chi connectivity index (χ0v) is 7.36. The number of piperazine rings is 1. The zero-order valence-electron chi connectivity index (χ0n) is 6.60. The topological polar surface area (TPSA) is 6.25 Å². The maximum atomic E-state index is 5.83. The van der Waals surface area contributed by atoms with Crippen molar-refractivity contribution in [2.24, 2.45) is 0 Å². The molecule has 10 heavy (non-hydrogen) atoms. The third kappa shape index (κ3) is 1.96. The van der Waals surface area contributed by atoms with Crippen LogP contribution in [0.2, 0.25) is 0 Å². The van der Waals surface area contributed by atoms with Gasteiger partial charge in [0.2, 0.25) is 5.17 Å². The highest BCUT2D eigenvalue weighted by Gasteiger charge is 2.16. The summed E-state index contributed by atoms with van der Waals surface area (Å²) in [6.45, 7) is 6.36. The van der Waals surface area contributed by atoms with Crippen LogP contribution in [0, 0.1) is 0 Å². The number of likely N-dealkylation sites (N-methyl/N-ethyl adjacent to an activating group) is 1. The molecule has 3 heteroatoms. The smallest absolute Gasteiger partial charge is 0.241 e. The first-order chi connectivity index (χ1) is 4.70. The lowest BCUT2D eigenvalue weighted by molar-refractivity contribution is -0.537. The van der Waals surface area contributed by atoms with E-state index in [4.69, 9.17) is 11.6 Å². The maximum absolute atomic E-state index is 5.83. The number of halogens is 1. The Morgan fingerprint density at radius 2 is 1.90 bits per heavy atom. The lowest BCUT2D eigenvalue weighted by Gasteiger charge is -2.20. The van der Waals surface area contributed by atoms with Gasteiger partial charge in [0.1, 0.15) is 0 Å². The van der Waals surface area contributed by atoms with Gasteiger partial charge in [0, 0.05) is 6.92 Å². The van der Waals surface area contributed by atoms with E-state index in [1.807, 2.05) is 6.92 Å². The molecule has 1 aliphatic heterocycles. The molecule has 1 aliphatic rings. The molecule has 58 valence electrons. The molecule has 0 spiro atoms. The zero-order chi connectivity index (χ0) is 7.56. The predicted octanol–water partition coefficient (Wildman–Crippen LogP) is 0.601. The molecule has 0 radical (unpaired) electrons. The van der Waals surface area contributed by atoms with Crippen LogP contribution in [-0.2, 0) is 0 Å². The van der Waals surface area contributed by atoms with Gasteiger partial charge < -0.3 is 0 Å². The molecule has 0 N–H and O–H groups in total. The molecule has 0 aliphatic carbocycles. The second-order valence-corrected chi connectivity index (χ2v) is 3.33. The monoisotopic (exact) mass is 161 g/mol. The SMILES string of the molecule is CC(Cl)=[N+]1CCN(C)CC1. The van der Waals surface area contributed by atoms with Crippen LogP contribution in [0.3, 0.4) is 0 Å². The average molecular weight is 162 g/mol. The first kappa shape index (κ1) is 8.02. The van der Waals surface area contributed by atoms with E-state index < -0.39 is 0 Å². The Labute approximate surface area is 67.1 Å². The van der Waals surface area contributed by atoms with Crippen LogP contribution in [0.1, 0.15) is 6.92 Å². The molecule has 0 unspecified atom stereocenters. The normalized spacial score (nSPS) is 21.3. The predicted molar refractivity (Wildman–Crippen MR) is 44.0 cm³/mol. The molecule has 1 fully saturated rings. The molecule has 0 bridgehead atoms. The van der Waals surface area contributed by atoms with Crippen molar-refractivity contribution >= 4 is 16.8 Å². The molecule has 0 atom stereocenters. The lowest BCUT2D eigenvalue weighted by atomic mass is 10.4. The van der Waals surface area contributed by atoms with Crippen molar-refractivity contribution in [3.63, 3.8) is 0 Å². The minimum atomic E-state index is 0.924. The largest absolute Gasteiger partial charge is 0.294 e. The van der Waals surface area contributed by atoms with E-state index in [1.165, 1.54) is 0 Å². The minimum Gasteiger partial charge on any atom is -0.294 e. The Kier molecular flexibility index (Phi) is 2.69. The summed E-state index contributed by atoms with van der Waals surface area (Å²) in [5, 5.41) is 0.924. The van der Waals surface area contributed by atoms with E-state index in [0.717, 1.165) is 31.3 Å². The molecule has 2 nitrogen and oxygen atoms in total. The van der Waals surface area contributed by atoms with Crippen LogP contribution < -0.4 is 0 Å². The van der Waals surface area contributed by atoms with Crippen molar-refractivity contribution in [2.45, 2.75) is 6.92 Å². The van der Waals surface area contributed by atoms with Gasteiger partial charge in [0.05, 0.1) is 13.1 Å². The van der Waals surface area contributed by atoms with Crippen LogP contribution in [0.5, 0.6) is 0 Å². The van der Waals surface area contributed by atoms with Gasteiger partial charge in [-0.3, -0.25) is 4.90 Å². The van der Waals surface area contributed by atoms with E-state index in [-0.39, 0.29) is 0 Å². The molecule has 0 aromatic heterocycles. The highest BCUT2D eigenvalue weighted by Crippen LogP contribution is 1.95. The summed E-state index contributed by atoms with van der Waals surface area (Å²) >= 11 is 5.83. The third-order valence-electron chi connectivity index (χ3n) is 1.94. The average Bonchev–Trinajstić information content (AvgIpc) is 1.88. The summed E-state index contributed by atoms with van der Waals surface area (Å²) in [7, 11) is 2.14. The summed E-state index contributed by atoms with van der Waals surface area (Å²) in [4.78, 5) is 2.32. The van der Waals surface area contributed by atoms with Gasteiger partial charge in [-0.2, -0.15) is 0 Å². The fraction of sp³-hybridized carbons (Fsp3) is 0.857. The Hall–Kier alpha value is -0.0800. The molecule has 1 heterocycles. The number of hydrogen-bond donors (Lipinski definition) is 0. The van der Waals surface area contributed by atoms with E-state index >= 15 is 0 Å². The first-order valence-corrected chi connectivity index (χ1v) is 4.00. The Morgan fingerprint density at radius 3 is 2.30 bits per heavy atom. The molecule has 0 aromatic carbocycles. The van der Waals surface area contributed by atoms with Gasteiger partial charge in [-0.1, -0.05) is 0 Å². The van der Waals surface area contributed by atoms with Crippen molar-refractivity contribution < 1.29 is 4.58 Å². The summed E-state index contributed by atoms with van der Waals surface area (Å²) in [5.74, 6) is 0. The Balaban J connectivity index is 2.48. The van der Waals surface area contributed by atoms with Gasteiger partial charge in [-0.25, -0.2) is 4.58 Å². The summed E-state index contributed by atoms with van der Waals surface area (Å²) in [6.07, 6.45) is 0. The maximum Gasteiger partial charge on any atom is 0.241 e. The molecule has 0 amide bonds. The van der Waals surface area contributed by atoms with Gasteiger partial charge in [0.15, 0.2) is 13.1 Å². The molecular formula is C7H14ClN2+. The second kappa shape index (κ2) is 3.35. The number of rotatable bonds is 0. The summed E-state index contributed by atoms with van der Waals surface area (Å²) < 4.78 is 2.21. The van der Waals surface area contributed by atoms with Crippen molar-refractivity contribution in [1.82, 2.24) is 4.90 Å². The molecule has 0 saturated carbocycles. The highest BCUT2D eigenvalue weighted by atomic mass is 35.5. The van der Waals surface area contributed by atoms with Crippen LogP contribution in [0.25, 0.3) is 0 Å². The molecule has 1 saturated heterocycles. The molecular weight excluding hydrogens is 148 g/mol. The van der Waals surface area contributed by atoms with Crippen LogP contribution in [0.15, 0.2) is 0 Å². The number of nitrogens with zero attached hydrogens (tertiary/aromatic N) is 2. The fourth-order valence-corrected chi connectivity index (χ4v) is 1.28.